The summed E-state index contributed by atoms with van der Waals surface area (Å²) >= 11 is 0. The van der Waals surface area contributed by atoms with E-state index in [1.165, 1.54) is 6.42 Å². The summed E-state index contributed by atoms with van der Waals surface area (Å²) in [5.41, 5.74) is 0. The molecular formula is C16H27Cl2N5O. The van der Waals surface area contributed by atoms with Crippen molar-refractivity contribution in [2.24, 2.45) is 5.92 Å². The molecule has 3 rings (SSSR count). The van der Waals surface area contributed by atoms with E-state index in [9.17, 15) is 4.79 Å². The molecule has 3 heterocycles. The van der Waals surface area contributed by atoms with Gasteiger partial charge in [-0.2, -0.15) is 5.10 Å². The Kier molecular flexibility index (Phi) is 9.33. The number of rotatable bonds is 5. The molecule has 2 saturated heterocycles. The number of nitrogens with zero attached hydrogens (tertiary/aromatic N) is 3. The average Bonchev–Trinajstić information content (AvgIpc) is 3.08. The molecule has 1 unspecified atom stereocenters. The smallest absolute Gasteiger partial charge is 0.222 e. The number of piperidine rings is 1. The summed E-state index contributed by atoms with van der Waals surface area (Å²) in [6.45, 7) is 3.88. The lowest BCUT2D eigenvalue weighted by Crippen LogP contribution is -2.42. The Bertz CT molecular complexity index is 477. The maximum Gasteiger partial charge on any atom is 0.222 e. The van der Waals surface area contributed by atoms with Gasteiger partial charge < -0.3 is 15.5 Å². The standard InChI is InChI=1S/C16H25N5O.2ClH/c22-16(4-3-13-5-9-17-12-13)21-10-6-14(7-11-21)19-15-2-1-8-18-20-15;;/h1-2,8,13-14,17H,3-7,9-12H2,(H,19,20);2*1H. The van der Waals surface area contributed by atoms with E-state index in [0.717, 1.165) is 51.3 Å². The van der Waals surface area contributed by atoms with Gasteiger partial charge in [0.1, 0.15) is 5.82 Å². The molecule has 2 N–H and O–H groups in total. The number of carbonyl (C=O) groups is 1. The highest BCUT2D eigenvalue weighted by molar-refractivity contribution is 5.85. The maximum atomic E-state index is 12.3. The Morgan fingerprint density at radius 3 is 2.71 bits per heavy atom. The van der Waals surface area contributed by atoms with Crippen LogP contribution in [-0.4, -0.2) is 53.2 Å². The molecular weight excluding hydrogens is 349 g/mol. The Labute approximate surface area is 156 Å². The maximum absolute atomic E-state index is 12.3. The first-order chi connectivity index (χ1) is 10.8. The lowest BCUT2D eigenvalue weighted by atomic mass is 10.0. The molecule has 136 valence electrons. The fraction of sp³-hybridized carbons (Fsp3) is 0.688. The van der Waals surface area contributed by atoms with Gasteiger partial charge in [0.05, 0.1) is 0 Å². The van der Waals surface area contributed by atoms with Crippen molar-refractivity contribution in [1.82, 2.24) is 20.4 Å². The number of hydrogen-bond acceptors (Lipinski definition) is 5. The zero-order valence-corrected chi connectivity index (χ0v) is 15.5. The minimum absolute atomic E-state index is 0. The van der Waals surface area contributed by atoms with Gasteiger partial charge in [-0.1, -0.05) is 0 Å². The van der Waals surface area contributed by atoms with Gasteiger partial charge in [-0.15, -0.1) is 29.9 Å². The first-order valence-corrected chi connectivity index (χ1v) is 8.34. The largest absolute Gasteiger partial charge is 0.366 e. The van der Waals surface area contributed by atoms with E-state index in [-0.39, 0.29) is 24.8 Å². The van der Waals surface area contributed by atoms with Gasteiger partial charge in [0.15, 0.2) is 0 Å². The normalized spacial score (nSPS) is 20.8. The second kappa shape index (κ2) is 10.7. The van der Waals surface area contributed by atoms with Crippen LogP contribution in [0.1, 0.15) is 32.1 Å². The molecule has 0 aromatic carbocycles. The highest BCUT2D eigenvalue weighted by atomic mass is 35.5. The highest BCUT2D eigenvalue weighted by Crippen LogP contribution is 2.18. The molecule has 0 radical (unpaired) electrons. The van der Waals surface area contributed by atoms with Crippen molar-refractivity contribution >= 4 is 36.5 Å². The molecule has 1 aromatic rings. The third-order valence-corrected chi connectivity index (χ3v) is 4.70. The summed E-state index contributed by atoms with van der Waals surface area (Å²) < 4.78 is 0. The molecule has 2 aliphatic heterocycles. The zero-order chi connectivity index (χ0) is 15.2. The van der Waals surface area contributed by atoms with Gasteiger partial charge >= 0.3 is 0 Å². The van der Waals surface area contributed by atoms with E-state index < -0.39 is 0 Å². The first kappa shape index (κ1) is 20.9. The number of hydrogen-bond donors (Lipinski definition) is 2. The number of amides is 1. The molecule has 8 heteroatoms. The van der Waals surface area contributed by atoms with Gasteiger partial charge in [0, 0.05) is 31.7 Å². The van der Waals surface area contributed by atoms with Crippen LogP contribution < -0.4 is 10.6 Å². The summed E-state index contributed by atoms with van der Waals surface area (Å²) in [4.78, 5) is 14.3. The minimum Gasteiger partial charge on any atom is -0.366 e. The Morgan fingerprint density at radius 1 is 1.29 bits per heavy atom. The molecule has 0 saturated carbocycles. The van der Waals surface area contributed by atoms with Crippen molar-refractivity contribution < 1.29 is 4.79 Å². The quantitative estimate of drug-likeness (QED) is 0.824. The lowest BCUT2D eigenvalue weighted by molar-refractivity contribution is -0.132. The van der Waals surface area contributed by atoms with E-state index in [4.69, 9.17) is 0 Å². The molecule has 24 heavy (non-hydrogen) atoms. The molecule has 1 aromatic heterocycles. The molecule has 1 amide bonds. The van der Waals surface area contributed by atoms with Gasteiger partial charge in [0.25, 0.3) is 0 Å². The Hall–Kier alpha value is -1.11. The predicted octanol–water partition coefficient (Wildman–Crippen LogP) is 2.11. The number of anilines is 1. The van der Waals surface area contributed by atoms with Crippen LogP contribution in [0.4, 0.5) is 5.82 Å². The molecule has 2 aliphatic rings. The van der Waals surface area contributed by atoms with Crippen LogP contribution in [0.3, 0.4) is 0 Å². The first-order valence-electron chi connectivity index (χ1n) is 8.34. The van der Waals surface area contributed by atoms with Gasteiger partial charge in [-0.3, -0.25) is 4.79 Å². The third kappa shape index (κ3) is 6.07. The van der Waals surface area contributed by atoms with E-state index in [1.807, 2.05) is 17.0 Å². The summed E-state index contributed by atoms with van der Waals surface area (Å²) in [5.74, 6) is 1.84. The molecule has 6 nitrogen and oxygen atoms in total. The molecule has 1 atom stereocenters. The number of likely N-dealkylation sites (tertiary alicyclic amines) is 1. The van der Waals surface area contributed by atoms with Crippen LogP contribution in [0.2, 0.25) is 0 Å². The summed E-state index contributed by atoms with van der Waals surface area (Å²) in [5, 5.41) is 14.7. The van der Waals surface area contributed by atoms with Crippen LogP contribution in [0.15, 0.2) is 18.3 Å². The zero-order valence-electron chi connectivity index (χ0n) is 13.8. The Morgan fingerprint density at radius 2 is 2.08 bits per heavy atom. The van der Waals surface area contributed by atoms with E-state index in [1.54, 1.807) is 6.20 Å². The second-order valence-corrected chi connectivity index (χ2v) is 6.31. The van der Waals surface area contributed by atoms with Crippen LogP contribution in [0.25, 0.3) is 0 Å². The monoisotopic (exact) mass is 375 g/mol. The van der Waals surface area contributed by atoms with E-state index in [0.29, 0.717) is 24.3 Å². The van der Waals surface area contributed by atoms with Crippen LogP contribution in [0, 0.1) is 5.92 Å². The average molecular weight is 376 g/mol. The SMILES string of the molecule is Cl.Cl.O=C(CCC1CCNC1)N1CCC(Nc2cccnn2)CC1. The minimum atomic E-state index is 0. The van der Waals surface area contributed by atoms with E-state index in [2.05, 4.69) is 20.8 Å². The molecule has 0 bridgehead atoms. The van der Waals surface area contributed by atoms with E-state index >= 15 is 0 Å². The van der Waals surface area contributed by atoms with Crippen LogP contribution in [0.5, 0.6) is 0 Å². The second-order valence-electron chi connectivity index (χ2n) is 6.31. The fourth-order valence-electron chi connectivity index (χ4n) is 3.31. The Balaban J connectivity index is 0.00000144. The topological polar surface area (TPSA) is 70.2 Å². The van der Waals surface area contributed by atoms with Crippen molar-refractivity contribution in [3.8, 4) is 0 Å². The van der Waals surface area contributed by atoms with Crippen molar-refractivity contribution in [3.63, 3.8) is 0 Å². The lowest BCUT2D eigenvalue weighted by Gasteiger charge is -2.32. The predicted molar refractivity (Wildman–Crippen MR) is 100.0 cm³/mol. The number of halogens is 2. The van der Waals surface area contributed by atoms with Gasteiger partial charge in [-0.25, -0.2) is 0 Å². The van der Waals surface area contributed by atoms with Crippen molar-refractivity contribution in [1.29, 1.82) is 0 Å². The molecule has 2 fully saturated rings. The summed E-state index contributed by atoms with van der Waals surface area (Å²) in [6, 6.07) is 4.20. The number of carbonyl (C=O) groups excluding carboxylic acids is 1. The fourth-order valence-corrected chi connectivity index (χ4v) is 3.31. The van der Waals surface area contributed by atoms with Crippen molar-refractivity contribution in [2.45, 2.75) is 38.1 Å². The third-order valence-electron chi connectivity index (χ3n) is 4.70. The molecule has 0 aliphatic carbocycles. The van der Waals surface area contributed by atoms with Gasteiger partial charge in [-0.05, 0) is 56.8 Å². The van der Waals surface area contributed by atoms with Crippen LogP contribution >= 0.6 is 24.8 Å². The van der Waals surface area contributed by atoms with Crippen molar-refractivity contribution in [3.05, 3.63) is 18.3 Å². The molecule has 0 spiro atoms. The van der Waals surface area contributed by atoms with Crippen LogP contribution in [-0.2, 0) is 4.79 Å². The van der Waals surface area contributed by atoms with Crippen molar-refractivity contribution in [2.75, 3.05) is 31.5 Å². The van der Waals surface area contributed by atoms with Gasteiger partial charge in [0.2, 0.25) is 5.91 Å². The number of nitrogens with one attached hydrogen (secondary N) is 2. The highest BCUT2D eigenvalue weighted by Gasteiger charge is 2.24. The number of aromatic nitrogens is 2. The summed E-state index contributed by atoms with van der Waals surface area (Å²) in [6.07, 6.45) is 6.59. The summed E-state index contributed by atoms with van der Waals surface area (Å²) in [7, 11) is 0.